The molecule has 1 heterocycles. The Labute approximate surface area is 208 Å². The number of hydrogen-bond donors (Lipinski definition) is 3. The topological polar surface area (TPSA) is 92.2 Å². The van der Waals surface area contributed by atoms with Crippen molar-refractivity contribution < 1.29 is 14.4 Å². The summed E-state index contributed by atoms with van der Waals surface area (Å²) >= 11 is 6.14. The van der Waals surface area contributed by atoms with Crippen LogP contribution in [-0.4, -0.2) is 22.4 Å². The highest BCUT2D eigenvalue weighted by molar-refractivity contribution is 6.38. The van der Waals surface area contributed by atoms with Crippen LogP contribution in [-0.2, 0) is 16.1 Å². The highest BCUT2D eigenvalue weighted by Crippen LogP contribution is 2.25. The normalized spacial score (nSPS) is 10.7. The molecule has 3 amide bonds. The molecule has 0 bridgehead atoms. The quantitative estimate of drug-likeness (QED) is 0.350. The lowest BCUT2D eigenvalue weighted by molar-refractivity contribution is -0.136. The summed E-state index contributed by atoms with van der Waals surface area (Å²) in [5.74, 6) is -2.15. The van der Waals surface area contributed by atoms with Crippen LogP contribution in [0.1, 0.15) is 32.7 Å². The van der Waals surface area contributed by atoms with E-state index in [2.05, 4.69) is 16.1 Å². The average molecular weight is 489 g/mol. The maximum absolute atomic E-state index is 13.3. The Bertz CT molecular complexity index is 1420. The van der Waals surface area contributed by atoms with Gasteiger partial charge in [0.2, 0.25) is 0 Å². The largest absolute Gasteiger partial charge is 0.344 e. The van der Waals surface area contributed by atoms with Gasteiger partial charge in [-0.1, -0.05) is 59.6 Å². The molecule has 0 fully saturated rings. The molecule has 3 N–H and O–H groups in total. The SMILES string of the molecule is Cc1ccc(CNC(=O)C(=O)Nn2c(C(=O)Nc3c(C)cccc3C)cc3cc(Cl)ccc32)cc1. The Morgan fingerprint density at radius 3 is 2.23 bits per heavy atom. The smallest absolute Gasteiger partial charge is 0.328 e. The summed E-state index contributed by atoms with van der Waals surface area (Å²) in [5, 5.41) is 6.65. The molecule has 8 heteroatoms. The zero-order valence-electron chi connectivity index (χ0n) is 19.6. The molecule has 4 aromatic rings. The summed E-state index contributed by atoms with van der Waals surface area (Å²) in [6.07, 6.45) is 0. The van der Waals surface area contributed by atoms with E-state index in [1.807, 2.05) is 63.2 Å². The van der Waals surface area contributed by atoms with Crippen LogP contribution < -0.4 is 16.1 Å². The Hall–Kier alpha value is -4.10. The van der Waals surface area contributed by atoms with Gasteiger partial charge < -0.3 is 10.6 Å². The molecule has 178 valence electrons. The molecule has 0 aliphatic carbocycles. The summed E-state index contributed by atoms with van der Waals surface area (Å²) in [4.78, 5) is 38.5. The molecule has 3 aromatic carbocycles. The van der Waals surface area contributed by atoms with Crippen molar-refractivity contribution in [2.24, 2.45) is 0 Å². The summed E-state index contributed by atoms with van der Waals surface area (Å²) < 4.78 is 1.31. The molecule has 0 spiro atoms. The number of carbonyl (C=O) groups is 3. The van der Waals surface area contributed by atoms with Crippen molar-refractivity contribution >= 4 is 45.9 Å². The minimum Gasteiger partial charge on any atom is -0.344 e. The fourth-order valence-electron chi connectivity index (χ4n) is 3.78. The number of benzene rings is 3. The van der Waals surface area contributed by atoms with Crippen molar-refractivity contribution in [3.63, 3.8) is 0 Å². The van der Waals surface area contributed by atoms with E-state index in [4.69, 9.17) is 11.6 Å². The van der Waals surface area contributed by atoms with E-state index in [1.165, 1.54) is 4.68 Å². The van der Waals surface area contributed by atoms with Crippen molar-refractivity contribution in [2.45, 2.75) is 27.3 Å². The second-order valence-electron chi connectivity index (χ2n) is 8.40. The summed E-state index contributed by atoms with van der Waals surface area (Å²) in [5.41, 5.74) is 7.71. The van der Waals surface area contributed by atoms with Crippen LogP contribution in [0.25, 0.3) is 10.9 Å². The van der Waals surface area contributed by atoms with Gasteiger partial charge in [-0.15, -0.1) is 0 Å². The van der Waals surface area contributed by atoms with Crippen LogP contribution in [0, 0.1) is 20.8 Å². The van der Waals surface area contributed by atoms with Gasteiger partial charge in [-0.3, -0.25) is 19.8 Å². The first-order valence-corrected chi connectivity index (χ1v) is 11.4. The predicted octanol–water partition coefficient (Wildman–Crippen LogP) is 4.86. The Morgan fingerprint density at radius 2 is 1.54 bits per heavy atom. The molecule has 4 rings (SSSR count). The number of fused-ring (bicyclic) bond motifs is 1. The second-order valence-corrected chi connectivity index (χ2v) is 8.83. The number of nitrogens with zero attached hydrogens (tertiary/aromatic N) is 1. The first-order chi connectivity index (χ1) is 16.7. The molecule has 0 atom stereocenters. The highest BCUT2D eigenvalue weighted by atomic mass is 35.5. The fraction of sp³-hybridized carbons (Fsp3) is 0.148. The minimum absolute atomic E-state index is 0.157. The molecule has 0 aliphatic heterocycles. The fourth-order valence-corrected chi connectivity index (χ4v) is 3.96. The predicted molar refractivity (Wildman–Crippen MR) is 138 cm³/mol. The average Bonchev–Trinajstić information content (AvgIpc) is 3.18. The molecule has 0 aliphatic rings. The van der Waals surface area contributed by atoms with Crippen molar-refractivity contribution in [2.75, 3.05) is 10.7 Å². The van der Waals surface area contributed by atoms with Gasteiger partial charge in [0.05, 0.1) is 5.52 Å². The molecule has 0 saturated heterocycles. The number of para-hydroxylation sites is 1. The molecule has 0 radical (unpaired) electrons. The number of halogens is 1. The molecule has 1 aromatic heterocycles. The van der Waals surface area contributed by atoms with E-state index in [-0.39, 0.29) is 12.2 Å². The lowest BCUT2D eigenvalue weighted by atomic mass is 10.1. The van der Waals surface area contributed by atoms with Gasteiger partial charge in [0.15, 0.2) is 0 Å². The van der Waals surface area contributed by atoms with Gasteiger partial charge in [-0.05, 0) is 61.7 Å². The molecular formula is C27H25ClN4O3. The maximum Gasteiger partial charge on any atom is 0.328 e. The lowest BCUT2D eigenvalue weighted by Gasteiger charge is -2.14. The van der Waals surface area contributed by atoms with Crippen molar-refractivity contribution in [1.82, 2.24) is 9.99 Å². The third-order valence-corrected chi connectivity index (χ3v) is 5.94. The summed E-state index contributed by atoms with van der Waals surface area (Å²) in [7, 11) is 0. The van der Waals surface area contributed by atoms with Gasteiger partial charge in [-0.25, -0.2) is 4.68 Å². The third-order valence-electron chi connectivity index (χ3n) is 5.71. The van der Waals surface area contributed by atoms with Gasteiger partial charge in [0.1, 0.15) is 5.69 Å². The number of carbonyl (C=O) groups excluding carboxylic acids is 3. The number of aromatic nitrogens is 1. The number of hydrogen-bond acceptors (Lipinski definition) is 3. The van der Waals surface area contributed by atoms with E-state index < -0.39 is 17.7 Å². The monoisotopic (exact) mass is 488 g/mol. The lowest BCUT2D eigenvalue weighted by Crippen LogP contribution is -2.39. The van der Waals surface area contributed by atoms with E-state index in [1.54, 1.807) is 24.3 Å². The van der Waals surface area contributed by atoms with Crippen LogP contribution in [0.15, 0.2) is 66.7 Å². The van der Waals surface area contributed by atoms with Crippen LogP contribution in [0.3, 0.4) is 0 Å². The minimum atomic E-state index is -0.898. The van der Waals surface area contributed by atoms with Gasteiger partial charge in [0.25, 0.3) is 5.91 Å². The third kappa shape index (κ3) is 5.36. The second kappa shape index (κ2) is 10.0. The number of anilines is 1. The van der Waals surface area contributed by atoms with E-state index in [0.717, 1.165) is 22.3 Å². The van der Waals surface area contributed by atoms with Crippen LogP contribution in [0.5, 0.6) is 0 Å². The summed E-state index contributed by atoms with van der Waals surface area (Å²) in [6.45, 7) is 5.98. The molecule has 35 heavy (non-hydrogen) atoms. The van der Waals surface area contributed by atoms with Crippen LogP contribution >= 0.6 is 11.6 Å². The Kier molecular flexibility index (Phi) is 6.89. The molecule has 0 unspecified atom stereocenters. The molecular weight excluding hydrogens is 464 g/mol. The van der Waals surface area contributed by atoms with E-state index in [0.29, 0.717) is 21.6 Å². The zero-order chi connectivity index (χ0) is 25.1. The standard InChI is InChI=1S/C27H25ClN4O3/c1-16-7-9-19(10-8-16)15-29-26(34)27(35)31-32-22-12-11-21(28)13-20(22)14-23(32)25(33)30-24-17(2)5-4-6-18(24)3/h4-14H,15H2,1-3H3,(H,29,34)(H,30,33)(H,31,35). The number of rotatable bonds is 5. The molecule has 7 nitrogen and oxygen atoms in total. The van der Waals surface area contributed by atoms with E-state index >= 15 is 0 Å². The Balaban J connectivity index is 1.59. The maximum atomic E-state index is 13.3. The zero-order valence-corrected chi connectivity index (χ0v) is 20.4. The number of aryl methyl sites for hydroxylation is 3. The first-order valence-electron chi connectivity index (χ1n) is 11.1. The van der Waals surface area contributed by atoms with Crippen molar-refractivity contribution in [3.8, 4) is 0 Å². The van der Waals surface area contributed by atoms with Crippen molar-refractivity contribution in [1.29, 1.82) is 0 Å². The van der Waals surface area contributed by atoms with Crippen LogP contribution in [0.2, 0.25) is 5.02 Å². The van der Waals surface area contributed by atoms with Gasteiger partial charge >= 0.3 is 11.8 Å². The molecule has 0 saturated carbocycles. The van der Waals surface area contributed by atoms with Crippen LogP contribution in [0.4, 0.5) is 5.69 Å². The highest BCUT2D eigenvalue weighted by Gasteiger charge is 2.21. The first kappa shape index (κ1) is 24.0. The van der Waals surface area contributed by atoms with Gasteiger partial charge in [0, 0.05) is 22.6 Å². The van der Waals surface area contributed by atoms with Crippen molar-refractivity contribution in [3.05, 3.63) is 99.7 Å². The summed E-state index contributed by atoms with van der Waals surface area (Å²) in [6, 6.07) is 20.0. The van der Waals surface area contributed by atoms with Gasteiger partial charge in [-0.2, -0.15) is 0 Å². The van der Waals surface area contributed by atoms with E-state index in [9.17, 15) is 14.4 Å². The number of nitrogens with one attached hydrogen (secondary N) is 3. The Morgan fingerprint density at radius 1 is 0.857 bits per heavy atom. The number of amides is 3.